The Morgan fingerprint density at radius 1 is 1.60 bits per heavy atom. The monoisotopic (exact) mass is 138 g/mol. The third-order valence-corrected chi connectivity index (χ3v) is 1.03. The van der Waals surface area contributed by atoms with E-state index >= 15 is 0 Å². The molecule has 0 saturated carbocycles. The number of hydrogen-bond donors (Lipinski definition) is 2. The van der Waals surface area contributed by atoms with Crippen molar-refractivity contribution in [2.75, 3.05) is 0 Å². The van der Waals surface area contributed by atoms with Gasteiger partial charge < -0.3 is 10.3 Å². The van der Waals surface area contributed by atoms with Crippen LogP contribution >= 0.6 is 0 Å². The van der Waals surface area contributed by atoms with Gasteiger partial charge in [-0.3, -0.25) is 4.98 Å². The average molecular weight is 138 g/mol. The Hall–Kier alpha value is -1.58. The fourth-order valence-electron chi connectivity index (χ4n) is 0.568. The Labute approximate surface area is 57.5 Å². The number of rotatable bonds is 1. The van der Waals surface area contributed by atoms with E-state index in [-0.39, 0.29) is 5.75 Å². The number of nitrogens with zero attached hydrogens (tertiary/aromatic N) is 2. The summed E-state index contributed by atoms with van der Waals surface area (Å²) in [5.74, 6) is 0.000278. The second-order valence-electron chi connectivity index (χ2n) is 1.68. The molecule has 4 heteroatoms. The number of pyridine rings is 1. The maximum Gasteiger partial charge on any atom is 0.142 e. The molecule has 0 aliphatic heterocycles. The van der Waals surface area contributed by atoms with E-state index in [1.54, 1.807) is 0 Å². The molecule has 0 aliphatic carbocycles. The summed E-state index contributed by atoms with van der Waals surface area (Å²) in [6.07, 6.45) is 3.91. The van der Waals surface area contributed by atoms with Gasteiger partial charge in [-0.15, -0.1) is 0 Å². The van der Waals surface area contributed by atoms with Gasteiger partial charge in [0.25, 0.3) is 0 Å². The normalized spacial score (nSPS) is 10.4. The molecule has 2 N–H and O–H groups in total. The van der Waals surface area contributed by atoms with Crippen molar-refractivity contribution in [2.24, 2.45) is 5.16 Å². The van der Waals surface area contributed by atoms with Crippen LogP contribution < -0.4 is 0 Å². The van der Waals surface area contributed by atoms with Crippen LogP contribution in [0.3, 0.4) is 0 Å². The lowest BCUT2D eigenvalue weighted by molar-refractivity contribution is 0.321. The van der Waals surface area contributed by atoms with Crippen LogP contribution in [-0.4, -0.2) is 21.5 Å². The molecule has 52 valence electrons. The van der Waals surface area contributed by atoms with Crippen molar-refractivity contribution in [2.45, 2.75) is 0 Å². The molecule has 0 fully saturated rings. The molecular formula is C6H6N2O2. The van der Waals surface area contributed by atoms with Gasteiger partial charge in [0.15, 0.2) is 0 Å². The Kier molecular flexibility index (Phi) is 1.84. The average Bonchev–Trinajstić information content (AvgIpc) is 1.94. The molecule has 4 nitrogen and oxygen atoms in total. The molecule has 1 aromatic heterocycles. The largest absolute Gasteiger partial charge is 0.506 e. The minimum Gasteiger partial charge on any atom is -0.506 e. The first-order valence-corrected chi connectivity index (χ1v) is 2.65. The maximum atomic E-state index is 8.98. The number of oxime groups is 1. The highest BCUT2D eigenvalue weighted by Gasteiger charge is 1.93. The molecule has 0 atom stereocenters. The van der Waals surface area contributed by atoms with Gasteiger partial charge in [0, 0.05) is 11.8 Å². The van der Waals surface area contributed by atoms with E-state index in [0.717, 1.165) is 6.21 Å². The first kappa shape index (κ1) is 6.54. The highest BCUT2D eigenvalue weighted by molar-refractivity contribution is 5.82. The third-order valence-electron chi connectivity index (χ3n) is 1.03. The molecule has 1 rings (SSSR count). The van der Waals surface area contributed by atoms with E-state index < -0.39 is 0 Å². The molecule has 0 amide bonds. The van der Waals surface area contributed by atoms with Crippen LogP contribution in [0, 0.1) is 0 Å². The minimum atomic E-state index is 0.000278. The summed E-state index contributed by atoms with van der Waals surface area (Å²) in [5.41, 5.74) is 0.442. The molecule has 0 saturated heterocycles. The van der Waals surface area contributed by atoms with Crippen molar-refractivity contribution in [1.82, 2.24) is 4.98 Å². The van der Waals surface area contributed by atoms with Gasteiger partial charge in [-0.2, -0.15) is 0 Å². The molecule has 0 radical (unpaired) electrons. The molecule has 0 aromatic carbocycles. The maximum absolute atomic E-state index is 8.98. The molecule has 1 heterocycles. The van der Waals surface area contributed by atoms with E-state index in [1.165, 1.54) is 18.5 Å². The van der Waals surface area contributed by atoms with Crippen LogP contribution in [0.2, 0.25) is 0 Å². The van der Waals surface area contributed by atoms with Gasteiger partial charge in [0.2, 0.25) is 0 Å². The summed E-state index contributed by atoms with van der Waals surface area (Å²) >= 11 is 0. The van der Waals surface area contributed by atoms with E-state index in [2.05, 4.69) is 10.1 Å². The minimum absolute atomic E-state index is 0.000278. The summed E-state index contributed by atoms with van der Waals surface area (Å²) in [6.45, 7) is 0. The van der Waals surface area contributed by atoms with Crippen molar-refractivity contribution < 1.29 is 10.3 Å². The van der Waals surface area contributed by atoms with Gasteiger partial charge in [0.05, 0.1) is 12.4 Å². The lowest BCUT2D eigenvalue weighted by Gasteiger charge is -1.92. The van der Waals surface area contributed by atoms with Crippen LogP contribution in [0.1, 0.15) is 5.56 Å². The van der Waals surface area contributed by atoms with Crippen LogP contribution in [0.25, 0.3) is 0 Å². The van der Waals surface area contributed by atoms with Crippen molar-refractivity contribution in [1.29, 1.82) is 0 Å². The van der Waals surface area contributed by atoms with Crippen LogP contribution in [0.4, 0.5) is 0 Å². The van der Waals surface area contributed by atoms with Gasteiger partial charge >= 0.3 is 0 Å². The highest BCUT2D eigenvalue weighted by atomic mass is 16.4. The first-order valence-electron chi connectivity index (χ1n) is 2.65. The summed E-state index contributed by atoms with van der Waals surface area (Å²) in [6, 6.07) is 1.54. The predicted molar refractivity (Wildman–Crippen MR) is 35.3 cm³/mol. The molecule has 10 heavy (non-hydrogen) atoms. The fourth-order valence-corrected chi connectivity index (χ4v) is 0.568. The molecule has 0 bridgehead atoms. The Balaban J connectivity index is 3.03. The van der Waals surface area contributed by atoms with E-state index in [9.17, 15) is 0 Å². The Bertz CT molecular complexity index is 247. The van der Waals surface area contributed by atoms with Gasteiger partial charge in [-0.25, -0.2) is 0 Å². The second kappa shape index (κ2) is 2.82. The van der Waals surface area contributed by atoms with E-state index in [4.69, 9.17) is 10.3 Å². The molecule has 0 aliphatic rings. The van der Waals surface area contributed by atoms with E-state index in [1.807, 2.05) is 0 Å². The van der Waals surface area contributed by atoms with Gasteiger partial charge in [-0.05, 0) is 6.07 Å². The standard InChI is InChI=1S/C6H6N2O2/c9-6-4-7-2-1-5(6)3-8-10/h1-4,9-10H. The molecule has 1 aromatic rings. The number of aromatic hydroxyl groups is 1. The van der Waals surface area contributed by atoms with Crippen molar-refractivity contribution in [3.63, 3.8) is 0 Å². The van der Waals surface area contributed by atoms with E-state index in [0.29, 0.717) is 5.56 Å². The number of aromatic nitrogens is 1. The lowest BCUT2D eigenvalue weighted by Crippen LogP contribution is -1.82. The summed E-state index contributed by atoms with van der Waals surface area (Å²) in [4.78, 5) is 3.63. The Morgan fingerprint density at radius 3 is 3.00 bits per heavy atom. The third kappa shape index (κ3) is 1.22. The number of hydrogen-bond acceptors (Lipinski definition) is 4. The SMILES string of the molecule is ON=Cc1ccncc1O. The Morgan fingerprint density at radius 2 is 2.40 bits per heavy atom. The summed E-state index contributed by atoms with van der Waals surface area (Å²) in [7, 11) is 0. The smallest absolute Gasteiger partial charge is 0.142 e. The second-order valence-corrected chi connectivity index (χ2v) is 1.68. The van der Waals surface area contributed by atoms with Crippen LogP contribution in [0.5, 0.6) is 5.75 Å². The molecule has 0 unspecified atom stereocenters. The highest BCUT2D eigenvalue weighted by Crippen LogP contribution is 2.10. The van der Waals surface area contributed by atoms with Crippen molar-refractivity contribution in [3.8, 4) is 5.75 Å². The van der Waals surface area contributed by atoms with Crippen LogP contribution in [-0.2, 0) is 0 Å². The predicted octanol–water partition coefficient (Wildman–Crippen LogP) is 0.595. The van der Waals surface area contributed by atoms with Crippen molar-refractivity contribution >= 4 is 6.21 Å². The summed E-state index contributed by atoms with van der Waals surface area (Å²) in [5, 5.41) is 19.8. The van der Waals surface area contributed by atoms with Crippen LogP contribution in [0.15, 0.2) is 23.6 Å². The van der Waals surface area contributed by atoms with Crippen molar-refractivity contribution in [3.05, 3.63) is 24.0 Å². The topological polar surface area (TPSA) is 65.7 Å². The zero-order chi connectivity index (χ0) is 7.40. The van der Waals surface area contributed by atoms with Gasteiger partial charge in [-0.1, -0.05) is 5.16 Å². The fraction of sp³-hybridized carbons (Fsp3) is 0. The quantitative estimate of drug-likeness (QED) is 0.339. The zero-order valence-electron chi connectivity index (χ0n) is 5.10. The molecular weight excluding hydrogens is 132 g/mol. The first-order chi connectivity index (χ1) is 4.84. The summed E-state index contributed by atoms with van der Waals surface area (Å²) < 4.78 is 0. The van der Waals surface area contributed by atoms with Gasteiger partial charge in [0.1, 0.15) is 5.75 Å². The molecule has 0 spiro atoms. The zero-order valence-corrected chi connectivity index (χ0v) is 5.10. The lowest BCUT2D eigenvalue weighted by atomic mass is 10.3.